The van der Waals surface area contributed by atoms with Gasteiger partial charge in [0.1, 0.15) is 0 Å². The highest BCUT2D eigenvalue weighted by molar-refractivity contribution is 5.04. The van der Waals surface area contributed by atoms with E-state index in [1.54, 1.807) is 0 Å². The molecule has 1 rings (SSSR count). The number of hydrogen-bond donors (Lipinski definition) is 1. The third-order valence-corrected chi connectivity index (χ3v) is 2.32. The first-order valence-corrected chi connectivity index (χ1v) is 5.11. The standard InChI is InChI=1S/C11H23N/c1-9(2)12-11(6-7-11)8-10(3,4)5/h9,12H,6-8H2,1-5H3. The second-order valence-electron chi connectivity index (χ2n) is 5.82. The monoisotopic (exact) mass is 169 g/mol. The smallest absolute Gasteiger partial charge is 0.0190 e. The highest BCUT2D eigenvalue weighted by atomic mass is 15.0. The average Bonchev–Trinajstić information content (AvgIpc) is 2.40. The van der Waals surface area contributed by atoms with Gasteiger partial charge in [0, 0.05) is 11.6 Å². The van der Waals surface area contributed by atoms with E-state index in [-0.39, 0.29) is 0 Å². The Morgan fingerprint density at radius 1 is 1.25 bits per heavy atom. The highest BCUT2D eigenvalue weighted by Gasteiger charge is 2.44. The Hall–Kier alpha value is -0.0400. The number of hydrogen-bond acceptors (Lipinski definition) is 1. The van der Waals surface area contributed by atoms with Gasteiger partial charge in [-0.2, -0.15) is 0 Å². The predicted molar refractivity (Wildman–Crippen MR) is 54.3 cm³/mol. The van der Waals surface area contributed by atoms with Crippen LogP contribution in [0.4, 0.5) is 0 Å². The van der Waals surface area contributed by atoms with Gasteiger partial charge in [-0.3, -0.25) is 0 Å². The van der Waals surface area contributed by atoms with Crippen LogP contribution in [-0.4, -0.2) is 11.6 Å². The molecule has 0 atom stereocenters. The first-order valence-electron chi connectivity index (χ1n) is 5.11. The summed E-state index contributed by atoms with van der Waals surface area (Å²) in [5.41, 5.74) is 0.977. The van der Waals surface area contributed by atoms with E-state index in [0.717, 1.165) is 0 Å². The third-order valence-electron chi connectivity index (χ3n) is 2.32. The Kier molecular flexibility index (Phi) is 2.53. The normalized spacial score (nSPS) is 21.5. The minimum absolute atomic E-state index is 0.471. The molecule has 1 heteroatoms. The molecule has 0 unspecified atom stereocenters. The fraction of sp³-hybridized carbons (Fsp3) is 1.00. The fourth-order valence-corrected chi connectivity index (χ4v) is 2.15. The maximum atomic E-state index is 3.69. The van der Waals surface area contributed by atoms with Gasteiger partial charge in [0.25, 0.3) is 0 Å². The summed E-state index contributed by atoms with van der Waals surface area (Å²) < 4.78 is 0. The first-order chi connectivity index (χ1) is 5.33. The van der Waals surface area contributed by atoms with Crippen molar-refractivity contribution in [2.75, 3.05) is 0 Å². The van der Waals surface area contributed by atoms with Gasteiger partial charge in [0.2, 0.25) is 0 Å². The van der Waals surface area contributed by atoms with Crippen LogP contribution in [0.15, 0.2) is 0 Å². The van der Waals surface area contributed by atoms with Crippen LogP contribution < -0.4 is 5.32 Å². The summed E-state index contributed by atoms with van der Waals surface area (Å²) in [5.74, 6) is 0. The van der Waals surface area contributed by atoms with Crippen molar-refractivity contribution in [1.82, 2.24) is 5.32 Å². The van der Waals surface area contributed by atoms with Crippen molar-refractivity contribution < 1.29 is 0 Å². The van der Waals surface area contributed by atoms with E-state index < -0.39 is 0 Å². The van der Waals surface area contributed by atoms with Crippen molar-refractivity contribution in [1.29, 1.82) is 0 Å². The molecular formula is C11H23N. The highest BCUT2D eigenvalue weighted by Crippen LogP contribution is 2.44. The van der Waals surface area contributed by atoms with Crippen molar-refractivity contribution in [2.24, 2.45) is 5.41 Å². The SMILES string of the molecule is CC(C)NC1(CC(C)(C)C)CC1. The van der Waals surface area contributed by atoms with Crippen LogP contribution in [0.1, 0.15) is 53.9 Å². The van der Waals surface area contributed by atoms with Crippen molar-refractivity contribution in [3.05, 3.63) is 0 Å². The van der Waals surface area contributed by atoms with Gasteiger partial charge in [0.15, 0.2) is 0 Å². The topological polar surface area (TPSA) is 12.0 Å². The van der Waals surface area contributed by atoms with E-state index in [2.05, 4.69) is 39.9 Å². The minimum Gasteiger partial charge on any atom is -0.309 e. The second-order valence-corrected chi connectivity index (χ2v) is 5.82. The zero-order valence-corrected chi connectivity index (χ0v) is 9.20. The van der Waals surface area contributed by atoms with Crippen LogP contribution in [-0.2, 0) is 0 Å². The second kappa shape index (κ2) is 3.02. The lowest BCUT2D eigenvalue weighted by atomic mass is 9.86. The van der Waals surface area contributed by atoms with Crippen LogP contribution >= 0.6 is 0 Å². The molecule has 1 aliphatic rings. The molecule has 72 valence electrons. The molecule has 0 radical (unpaired) electrons. The molecule has 1 fully saturated rings. The molecule has 0 aliphatic heterocycles. The Balaban J connectivity index is 2.40. The molecule has 1 saturated carbocycles. The average molecular weight is 169 g/mol. The van der Waals surface area contributed by atoms with Gasteiger partial charge in [0.05, 0.1) is 0 Å². The Bertz CT molecular complexity index is 149. The third kappa shape index (κ3) is 3.14. The Labute approximate surface area is 76.9 Å². The molecule has 12 heavy (non-hydrogen) atoms. The summed E-state index contributed by atoms with van der Waals surface area (Å²) in [6.07, 6.45) is 4.07. The first kappa shape index (κ1) is 10.0. The molecule has 0 saturated heterocycles. The maximum Gasteiger partial charge on any atom is 0.0190 e. The van der Waals surface area contributed by atoms with Crippen LogP contribution in [0.2, 0.25) is 0 Å². The van der Waals surface area contributed by atoms with Crippen molar-refractivity contribution in [3.8, 4) is 0 Å². The van der Waals surface area contributed by atoms with Gasteiger partial charge in [-0.1, -0.05) is 34.6 Å². The summed E-state index contributed by atoms with van der Waals surface area (Å²) in [5, 5.41) is 3.69. The Morgan fingerprint density at radius 3 is 2.00 bits per heavy atom. The largest absolute Gasteiger partial charge is 0.309 e. The van der Waals surface area contributed by atoms with Crippen LogP contribution in [0, 0.1) is 5.41 Å². The molecule has 0 spiro atoms. The summed E-state index contributed by atoms with van der Waals surface area (Å²) in [4.78, 5) is 0. The van der Waals surface area contributed by atoms with E-state index in [1.807, 2.05) is 0 Å². The summed E-state index contributed by atoms with van der Waals surface area (Å²) in [6, 6.07) is 0.634. The fourth-order valence-electron chi connectivity index (χ4n) is 2.15. The van der Waals surface area contributed by atoms with Gasteiger partial charge in [-0.15, -0.1) is 0 Å². The van der Waals surface area contributed by atoms with Crippen LogP contribution in [0.5, 0.6) is 0 Å². The molecule has 0 aromatic carbocycles. The zero-order valence-electron chi connectivity index (χ0n) is 9.20. The lowest BCUT2D eigenvalue weighted by molar-refractivity contribution is 0.283. The van der Waals surface area contributed by atoms with Gasteiger partial charge < -0.3 is 5.32 Å². The number of nitrogens with one attached hydrogen (secondary N) is 1. The van der Waals surface area contributed by atoms with E-state index in [9.17, 15) is 0 Å². The molecule has 0 aromatic heterocycles. The molecule has 1 N–H and O–H groups in total. The van der Waals surface area contributed by atoms with Crippen molar-refractivity contribution >= 4 is 0 Å². The lowest BCUT2D eigenvalue weighted by Gasteiger charge is -2.28. The molecule has 0 amide bonds. The summed E-state index contributed by atoms with van der Waals surface area (Å²) >= 11 is 0. The molecule has 1 nitrogen and oxygen atoms in total. The summed E-state index contributed by atoms with van der Waals surface area (Å²) in [6.45, 7) is 11.5. The van der Waals surface area contributed by atoms with E-state index >= 15 is 0 Å². The van der Waals surface area contributed by atoms with Gasteiger partial charge >= 0.3 is 0 Å². The molecule has 0 heterocycles. The van der Waals surface area contributed by atoms with Crippen LogP contribution in [0.25, 0.3) is 0 Å². The van der Waals surface area contributed by atoms with Crippen LogP contribution in [0.3, 0.4) is 0 Å². The van der Waals surface area contributed by atoms with Gasteiger partial charge in [-0.05, 0) is 24.7 Å². The maximum absolute atomic E-state index is 3.69. The minimum atomic E-state index is 0.471. The quantitative estimate of drug-likeness (QED) is 0.685. The van der Waals surface area contributed by atoms with Crippen molar-refractivity contribution in [3.63, 3.8) is 0 Å². The predicted octanol–water partition coefficient (Wildman–Crippen LogP) is 2.95. The van der Waals surface area contributed by atoms with E-state index in [1.165, 1.54) is 19.3 Å². The molecule has 1 aliphatic carbocycles. The molecule has 0 aromatic rings. The molecular weight excluding hydrogens is 146 g/mol. The van der Waals surface area contributed by atoms with Gasteiger partial charge in [-0.25, -0.2) is 0 Å². The van der Waals surface area contributed by atoms with Crippen molar-refractivity contribution in [2.45, 2.75) is 65.5 Å². The molecule has 0 bridgehead atoms. The lowest BCUT2D eigenvalue weighted by Crippen LogP contribution is -2.39. The van der Waals surface area contributed by atoms with E-state index in [0.29, 0.717) is 17.0 Å². The Morgan fingerprint density at radius 2 is 1.75 bits per heavy atom. The zero-order chi connectivity index (χ0) is 9.41. The number of rotatable bonds is 3. The van der Waals surface area contributed by atoms with E-state index in [4.69, 9.17) is 0 Å². The summed E-state index contributed by atoms with van der Waals surface area (Å²) in [7, 11) is 0.